The van der Waals surface area contributed by atoms with Crippen LogP contribution >= 0.6 is 15.9 Å². The van der Waals surface area contributed by atoms with E-state index in [0.717, 1.165) is 6.20 Å². The number of nitrogens with zero attached hydrogens (tertiary/aromatic N) is 2. The normalized spacial score (nSPS) is 10.9. The molecule has 0 bridgehead atoms. The summed E-state index contributed by atoms with van der Waals surface area (Å²) >= 11 is 3.02. The highest BCUT2D eigenvalue weighted by Gasteiger charge is 2.18. The third-order valence-corrected chi connectivity index (χ3v) is 2.12. The maximum Gasteiger partial charge on any atom is 0.413 e. The van der Waals surface area contributed by atoms with Gasteiger partial charge in [0.15, 0.2) is 11.5 Å². The van der Waals surface area contributed by atoms with Crippen molar-refractivity contribution in [1.29, 1.82) is 0 Å². The standard InChI is InChI=1S/C10H12BrN3O4/c1-10(2,3)18-9(17)14-7-6(11)13-5(4-12-7)8(15)16/h4H,1-3H3,(H,15,16)(H,12,14,17). The number of carbonyl (C=O) groups excluding carboxylic acids is 1. The fraction of sp³-hybridized carbons (Fsp3) is 0.400. The summed E-state index contributed by atoms with van der Waals surface area (Å²) in [5, 5.41) is 11.1. The lowest BCUT2D eigenvalue weighted by molar-refractivity contribution is 0.0634. The summed E-state index contributed by atoms with van der Waals surface area (Å²) in [6.45, 7) is 5.17. The SMILES string of the molecule is CC(C)(C)OC(=O)Nc1ncc(C(=O)O)nc1Br. The lowest BCUT2D eigenvalue weighted by Crippen LogP contribution is -2.27. The predicted molar refractivity (Wildman–Crippen MR) is 66.5 cm³/mol. The van der Waals surface area contributed by atoms with Crippen molar-refractivity contribution in [1.82, 2.24) is 9.97 Å². The van der Waals surface area contributed by atoms with Crippen molar-refractivity contribution in [3.05, 3.63) is 16.5 Å². The number of aromatic carboxylic acids is 1. The highest BCUT2D eigenvalue weighted by atomic mass is 79.9. The van der Waals surface area contributed by atoms with E-state index in [0.29, 0.717) is 0 Å². The van der Waals surface area contributed by atoms with Crippen molar-refractivity contribution in [2.45, 2.75) is 26.4 Å². The summed E-state index contributed by atoms with van der Waals surface area (Å²) in [6, 6.07) is 0. The largest absolute Gasteiger partial charge is 0.476 e. The maximum atomic E-state index is 11.5. The first-order chi connectivity index (χ1) is 8.19. The Hall–Kier alpha value is -1.70. The van der Waals surface area contributed by atoms with Gasteiger partial charge in [0.2, 0.25) is 0 Å². The van der Waals surface area contributed by atoms with Crippen LogP contribution in [0, 0.1) is 0 Å². The van der Waals surface area contributed by atoms with Crippen LogP contribution in [-0.4, -0.2) is 32.7 Å². The molecule has 8 heteroatoms. The van der Waals surface area contributed by atoms with Crippen molar-refractivity contribution in [3.63, 3.8) is 0 Å². The average molecular weight is 318 g/mol. The average Bonchev–Trinajstić information content (AvgIpc) is 2.17. The van der Waals surface area contributed by atoms with E-state index in [1.165, 1.54) is 0 Å². The Morgan fingerprint density at radius 2 is 2.06 bits per heavy atom. The minimum absolute atomic E-state index is 0.0919. The molecular weight excluding hydrogens is 306 g/mol. The Morgan fingerprint density at radius 3 is 2.50 bits per heavy atom. The summed E-state index contributed by atoms with van der Waals surface area (Å²) in [5.74, 6) is -1.11. The molecule has 0 fully saturated rings. The fourth-order valence-electron chi connectivity index (χ4n) is 0.954. The van der Waals surface area contributed by atoms with Crippen LogP contribution in [-0.2, 0) is 4.74 Å². The summed E-state index contributed by atoms with van der Waals surface area (Å²) in [6.07, 6.45) is 0.348. The van der Waals surface area contributed by atoms with Crippen molar-refractivity contribution in [3.8, 4) is 0 Å². The van der Waals surface area contributed by atoms with E-state index in [4.69, 9.17) is 9.84 Å². The number of aromatic nitrogens is 2. The molecule has 0 aliphatic carbocycles. The molecule has 98 valence electrons. The second-order valence-electron chi connectivity index (χ2n) is 4.33. The van der Waals surface area contributed by atoms with Gasteiger partial charge in [0.1, 0.15) is 10.2 Å². The van der Waals surface area contributed by atoms with E-state index in [2.05, 4.69) is 31.2 Å². The minimum Gasteiger partial charge on any atom is -0.476 e. The smallest absolute Gasteiger partial charge is 0.413 e. The van der Waals surface area contributed by atoms with Crippen molar-refractivity contribution >= 4 is 33.8 Å². The molecule has 1 aromatic rings. The number of anilines is 1. The van der Waals surface area contributed by atoms with E-state index >= 15 is 0 Å². The summed E-state index contributed by atoms with van der Waals surface area (Å²) in [5.41, 5.74) is -0.859. The molecule has 0 spiro atoms. The number of carbonyl (C=O) groups is 2. The number of hydrogen-bond donors (Lipinski definition) is 2. The lowest BCUT2D eigenvalue weighted by Gasteiger charge is -2.19. The van der Waals surface area contributed by atoms with Crippen LogP contribution in [0.3, 0.4) is 0 Å². The summed E-state index contributed by atoms with van der Waals surface area (Å²) in [4.78, 5) is 29.6. The number of halogens is 1. The van der Waals surface area contributed by atoms with Gasteiger partial charge >= 0.3 is 12.1 Å². The fourth-order valence-corrected chi connectivity index (χ4v) is 1.35. The summed E-state index contributed by atoms with van der Waals surface area (Å²) in [7, 11) is 0. The molecule has 0 aliphatic heterocycles. The first kappa shape index (κ1) is 14.4. The number of nitrogens with one attached hydrogen (secondary N) is 1. The van der Waals surface area contributed by atoms with Crippen LogP contribution in [0.4, 0.5) is 10.6 Å². The van der Waals surface area contributed by atoms with Crippen molar-refractivity contribution in [2.75, 3.05) is 5.32 Å². The van der Waals surface area contributed by atoms with Crippen LogP contribution in [0.1, 0.15) is 31.3 Å². The Balaban J connectivity index is 2.80. The Morgan fingerprint density at radius 1 is 1.44 bits per heavy atom. The highest BCUT2D eigenvalue weighted by Crippen LogP contribution is 2.18. The number of carboxylic acids is 1. The molecule has 0 aromatic carbocycles. The van der Waals surface area contributed by atoms with Crippen LogP contribution < -0.4 is 5.32 Å². The zero-order valence-corrected chi connectivity index (χ0v) is 11.6. The lowest BCUT2D eigenvalue weighted by atomic mass is 10.2. The van der Waals surface area contributed by atoms with Crippen LogP contribution in [0.2, 0.25) is 0 Å². The Bertz CT molecular complexity index is 485. The quantitative estimate of drug-likeness (QED) is 0.867. The third kappa shape index (κ3) is 4.28. The third-order valence-electron chi connectivity index (χ3n) is 1.57. The minimum atomic E-state index is -1.20. The van der Waals surface area contributed by atoms with Gasteiger partial charge in [-0.05, 0) is 36.7 Å². The molecule has 0 atom stereocenters. The van der Waals surface area contributed by atoms with Crippen LogP contribution in [0.15, 0.2) is 10.8 Å². The van der Waals surface area contributed by atoms with E-state index in [1.54, 1.807) is 20.8 Å². The maximum absolute atomic E-state index is 11.5. The van der Waals surface area contributed by atoms with Gasteiger partial charge < -0.3 is 9.84 Å². The van der Waals surface area contributed by atoms with Gasteiger partial charge in [-0.2, -0.15) is 0 Å². The van der Waals surface area contributed by atoms with Crippen LogP contribution in [0.5, 0.6) is 0 Å². The van der Waals surface area contributed by atoms with Gasteiger partial charge in [-0.1, -0.05) is 0 Å². The van der Waals surface area contributed by atoms with Crippen LogP contribution in [0.25, 0.3) is 0 Å². The number of hydrogen-bond acceptors (Lipinski definition) is 5. The van der Waals surface area contributed by atoms with Gasteiger partial charge in [-0.3, -0.25) is 5.32 Å². The van der Waals surface area contributed by atoms with Gasteiger partial charge in [-0.25, -0.2) is 19.6 Å². The molecule has 1 aromatic heterocycles. The monoisotopic (exact) mass is 317 g/mol. The molecule has 1 amide bonds. The second-order valence-corrected chi connectivity index (χ2v) is 5.08. The zero-order chi connectivity index (χ0) is 13.9. The molecule has 0 aliphatic rings. The predicted octanol–water partition coefficient (Wildman–Crippen LogP) is 2.28. The van der Waals surface area contributed by atoms with Gasteiger partial charge in [0, 0.05) is 0 Å². The van der Waals surface area contributed by atoms with Crippen molar-refractivity contribution in [2.24, 2.45) is 0 Å². The van der Waals surface area contributed by atoms with Crippen molar-refractivity contribution < 1.29 is 19.4 Å². The zero-order valence-electron chi connectivity index (χ0n) is 10.0. The second kappa shape index (κ2) is 5.30. The van der Waals surface area contributed by atoms with E-state index in [1.807, 2.05) is 0 Å². The number of ether oxygens (including phenoxy) is 1. The number of rotatable bonds is 2. The molecule has 0 saturated carbocycles. The highest BCUT2D eigenvalue weighted by molar-refractivity contribution is 9.10. The Labute approximate surface area is 112 Å². The number of amides is 1. The van der Waals surface area contributed by atoms with Gasteiger partial charge in [0.25, 0.3) is 0 Å². The molecule has 0 saturated heterocycles. The molecule has 2 N–H and O–H groups in total. The molecule has 1 rings (SSSR count). The summed E-state index contributed by atoms with van der Waals surface area (Å²) < 4.78 is 5.14. The molecule has 0 radical (unpaired) electrons. The number of carboxylic acid groups (broad SMARTS) is 1. The topological polar surface area (TPSA) is 101 Å². The molecule has 18 heavy (non-hydrogen) atoms. The molecule has 0 unspecified atom stereocenters. The first-order valence-corrected chi connectivity index (χ1v) is 5.74. The molecule has 1 heterocycles. The van der Waals surface area contributed by atoms with E-state index < -0.39 is 17.7 Å². The van der Waals surface area contributed by atoms with E-state index in [-0.39, 0.29) is 16.1 Å². The van der Waals surface area contributed by atoms with Gasteiger partial charge in [-0.15, -0.1) is 0 Å². The molecule has 7 nitrogen and oxygen atoms in total. The first-order valence-electron chi connectivity index (χ1n) is 4.95. The molecular formula is C10H12BrN3O4. The van der Waals surface area contributed by atoms with Gasteiger partial charge in [0.05, 0.1) is 6.20 Å². The van der Waals surface area contributed by atoms with E-state index in [9.17, 15) is 9.59 Å². The Kier molecular flexibility index (Phi) is 4.23.